The van der Waals surface area contributed by atoms with Gasteiger partial charge >= 0.3 is 0 Å². The van der Waals surface area contributed by atoms with Gasteiger partial charge in [-0.2, -0.15) is 0 Å². The summed E-state index contributed by atoms with van der Waals surface area (Å²) in [5, 5.41) is 1.23. The van der Waals surface area contributed by atoms with Crippen LogP contribution in [0.25, 0.3) is 10.9 Å². The van der Waals surface area contributed by atoms with E-state index in [1.54, 1.807) is 6.07 Å². The summed E-state index contributed by atoms with van der Waals surface area (Å²) in [4.78, 5) is 23.4. The molecule has 0 unspecified atom stereocenters. The van der Waals surface area contributed by atoms with Gasteiger partial charge in [-0.3, -0.25) is 9.79 Å². The van der Waals surface area contributed by atoms with Crippen LogP contribution in [0, 0.1) is 12.7 Å². The van der Waals surface area contributed by atoms with E-state index in [-0.39, 0.29) is 13.2 Å². The average Bonchev–Trinajstić information content (AvgIpc) is 3.31. The lowest BCUT2D eigenvalue weighted by Crippen LogP contribution is -2.38. The maximum absolute atomic E-state index is 13.9. The molecule has 0 bridgehead atoms. The fraction of sp³-hybridized carbons (Fsp3) is 0.226. The molecule has 36 heavy (non-hydrogen) atoms. The minimum Gasteiger partial charge on any atom is -0.358 e. The number of hydrogen-bond acceptors (Lipinski definition) is 2. The first-order valence-electron chi connectivity index (χ1n) is 12.4. The smallest absolute Gasteiger partial charge is 0.253 e. The molecule has 1 aliphatic heterocycles. The number of rotatable bonds is 5. The Hall–Kier alpha value is -3.99. The standard InChI is InChI=1S/C31H30FN3O.H2/c1-20(2)33-30(24-8-6-9-26(32)18-24)27-12-11-25(17-21(27)3)31(36)35-15-13-22(14-16-35)29-19-23-7-4-5-10-28(23)34-29;/h4-12,17-19,22,34H,1,13-16H2,2-3H3;1H. The summed E-state index contributed by atoms with van der Waals surface area (Å²) in [5.74, 6) is 0.156. The summed E-state index contributed by atoms with van der Waals surface area (Å²) in [5.41, 5.74) is 6.81. The predicted octanol–water partition coefficient (Wildman–Crippen LogP) is 7.25. The number of H-pyrrole nitrogens is 1. The van der Waals surface area contributed by atoms with Crippen molar-refractivity contribution in [2.75, 3.05) is 13.1 Å². The molecule has 1 N–H and O–H groups in total. The van der Waals surface area contributed by atoms with E-state index in [1.165, 1.54) is 23.2 Å². The number of allylic oxidation sites excluding steroid dienone is 1. The Morgan fingerprint density at radius 1 is 1.03 bits per heavy atom. The Labute approximate surface area is 212 Å². The zero-order chi connectivity index (χ0) is 25.2. The SMILES string of the molecule is C=C(C)N=C(c1cccc(F)c1)c1ccc(C(=O)N2CCC(c3cc4ccccc4[nH]3)CC2)cc1C.[HH]. The number of halogens is 1. The highest BCUT2D eigenvalue weighted by Gasteiger charge is 2.26. The molecule has 4 aromatic rings. The van der Waals surface area contributed by atoms with E-state index < -0.39 is 0 Å². The van der Waals surface area contributed by atoms with Crippen LogP contribution in [0.2, 0.25) is 0 Å². The molecular weight excluding hydrogens is 449 g/mol. The lowest BCUT2D eigenvalue weighted by atomic mass is 9.92. The minimum atomic E-state index is -0.317. The van der Waals surface area contributed by atoms with Gasteiger partial charge in [0.2, 0.25) is 0 Å². The molecule has 1 aliphatic rings. The molecule has 0 saturated carbocycles. The first-order chi connectivity index (χ1) is 17.4. The van der Waals surface area contributed by atoms with Crippen LogP contribution in [0.1, 0.15) is 59.9 Å². The van der Waals surface area contributed by atoms with Crippen LogP contribution < -0.4 is 0 Å². The van der Waals surface area contributed by atoms with Crippen molar-refractivity contribution in [1.82, 2.24) is 9.88 Å². The summed E-state index contributed by atoms with van der Waals surface area (Å²) >= 11 is 0. The first kappa shape index (κ1) is 23.7. The van der Waals surface area contributed by atoms with E-state index in [2.05, 4.69) is 40.8 Å². The Morgan fingerprint density at radius 3 is 2.50 bits per heavy atom. The van der Waals surface area contributed by atoms with Crippen LogP contribution in [0.15, 0.2) is 90.1 Å². The molecule has 5 heteroatoms. The van der Waals surface area contributed by atoms with Crippen molar-refractivity contribution >= 4 is 22.5 Å². The lowest BCUT2D eigenvalue weighted by molar-refractivity contribution is 0.0712. The van der Waals surface area contributed by atoms with Gasteiger partial charge in [-0.15, -0.1) is 0 Å². The van der Waals surface area contributed by atoms with E-state index in [4.69, 9.17) is 0 Å². The van der Waals surface area contributed by atoms with Crippen molar-refractivity contribution in [1.29, 1.82) is 0 Å². The fourth-order valence-electron chi connectivity index (χ4n) is 5.06. The number of benzene rings is 3. The van der Waals surface area contributed by atoms with Gasteiger partial charge in [0.05, 0.1) is 5.71 Å². The minimum absolute atomic E-state index is 0. The molecule has 1 saturated heterocycles. The highest BCUT2D eigenvalue weighted by atomic mass is 19.1. The number of aromatic amines is 1. The Morgan fingerprint density at radius 2 is 1.81 bits per heavy atom. The van der Waals surface area contributed by atoms with Gasteiger partial charge in [0.1, 0.15) is 5.82 Å². The molecule has 4 nitrogen and oxygen atoms in total. The molecule has 2 heterocycles. The number of aliphatic imine (C=N–C) groups is 1. The van der Waals surface area contributed by atoms with Crippen LogP contribution in [0.4, 0.5) is 4.39 Å². The van der Waals surface area contributed by atoms with E-state index >= 15 is 0 Å². The van der Waals surface area contributed by atoms with Crippen molar-refractivity contribution in [3.63, 3.8) is 0 Å². The molecule has 0 radical (unpaired) electrons. The number of hydrogen-bond donors (Lipinski definition) is 1. The monoisotopic (exact) mass is 481 g/mol. The number of likely N-dealkylation sites (tertiary alicyclic amines) is 1. The highest BCUT2D eigenvalue weighted by molar-refractivity contribution is 6.14. The number of amides is 1. The fourth-order valence-corrected chi connectivity index (χ4v) is 5.06. The number of para-hydroxylation sites is 1. The lowest BCUT2D eigenvalue weighted by Gasteiger charge is -2.32. The molecule has 1 fully saturated rings. The largest absolute Gasteiger partial charge is 0.358 e. The van der Waals surface area contributed by atoms with Gasteiger partial charge in [-0.25, -0.2) is 4.39 Å². The summed E-state index contributed by atoms with van der Waals surface area (Å²) in [6.45, 7) is 9.13. The summed E-state index contributed by atoms with van der Waals surface area (Å²) < 4.78 is 13.9. The maximum atomic E-state index is 13.9. The number of aryl methyl sites for hydroxylation is 1. The van der Waals surface area contributed by atoms with Crippen LogP contribution in [-0.2, 0) is 0 Å². The second-order valence-corrected chi connectivity index (χ2v) is 9.61. The van der Waals surface area contributed by atoms with Crippen molar-refractivity contribution in [3.8, 4) is 0 Å². The van der Waals surface area contributed by atoms with Crippen LogP contribution >= 0.6 is 0 Å². The van der Waals surface area contributed by atoms with Gasteiger partial charge < -0.3 is 9.88 Å². The molecule has 0 atom stereocenters. The second-order valence-electron chi connectivity index (χ2n) is 9.61. The van der Waals surface area contributed by atoms with Crippen LogP contribution in [0.5, 0.6) is 0 Å². The third-order valence-corrected chi connectivity index (χ3v) is 6.90. The predicted molar refractivity (Wildman–Crippen MR) is 146 cm³/mol. The highest BCUT2D eigenvalue weighted by Crippen LogP contribution is 2.30. The normalized spacial score (nSPS) is 14.9. The van der Waals surface area contributed by atoms with Crippen molar-refractivity contribution in [2.24, 2.45) is 4.99 Å². The molecule has 0 aliphatic carbocycles. The quantitative estimate of drug-likeness (QED) is 0.300. The number of nitrogens with zero attached hydrogens (tertiary/aromatic N) is 2. The van der Waals surface area contributed by atoms with E-state index in [1.807, 2.05) is 49.1 Å². The molecule has 184 valence electrons. The maximum Gasteiger partial charge on any atom is 0.253 e. The molecule has 1 amide bonds. The van der Waals surface area contributed by atoms with Crippen LogP contribution in [0.3, 0.4) is 0 Å². The molecule has 5 rings (SSSR count). The summed E-state index contributed by atoms with van der Waals surface area (Å²) in [6, 6.07) is 22.6. The summed E-state index contributed by atoms with van der Waals surface area (Å²) in [6.07, 6.45) is 1.87. The van der Waals surface area contributed by atoms with Crippen LogP contribution in [-0.4, -0.2) is 34.6 Å². The van der Waals surface area contributed by atoms with Gasteiger partial charge in [-0.1, -0.05) is 43.0 Å². The Kier molecular flexibility index (Phi) is 6.55. The average molecular weight is 482 g/mol. The van der Waals surface area contributed by atoms with E-state index in [9.17, 15) is 9.18 Å². The molecular formula is C31H32FN3O. The number of carbonyl (C=O) groups excluding carboxylic acids is 1. The third-order valence-electron chi connectivity index (χ3n) is 6.90. The van der Waals surface area contributed by atoms with Gasteiger partial charge in [0.25, 0.3) is 5.91 Å². The topological polar surface area (TPSA) is 48.5 Å². The van der Waals surface area contributed by atoms with E-state index in [0.29, 0.717) is 28.5 Å². The van der Waals surface area contributed by atoms with Crippen molar-refractivity contribution in [3.05, 3.63) is 119 Å². The molecule has 0 spiro atoms. The first-order valence-corrected chi connectivity index (χ1v) is 12.4. The van der Waals surface area contributed by atoms with Crippen molar-refractivity contribution in [2.45, 2.75) is 32.6 Å². The zero-order valence-electron chi connectivity index (χ0n) is 20.7. The second kappa shape index (κ2) is 9.94. The number of carbonyl (C=O) groups is 1. The number of fused-ring (bicyclic) bond motifs is 1. The number of piperidine rings is 1. The number of aromatic nitrogens is 1. The van der Waals surface area contributed by atoms with Gasteiger partial charge in [0, 0.05) is 54.0 Å². The van der Waals surface area contributed by atoms with Crippen molar-refractivity contribution < 1.29 is 10.6 Å². The molecule has 3 aromatic carbocycles. The number of nitrogens with one attached hydrogen (secondary N) is 1. The van der Waals surface area contributed by atoms with Gasteiger partial charge in [-0.05, 0) is 74.0 Å². The Balaban J connectivity index is 0.00000320. The summed E-state index contributed by atoms with van der Waals surface area (Å²) in [7, 11) is 0. The Bertz CT molecular complexity index is 1450. The van der Waals surface area contributed by atoms with E-state index in [0.717, 1.165) is 42.6 Å². The zero-order valence-corrected chi connectivity index (χ0v) is 20.7. The molecule has 1 aromatic heterocycles. The third kappa shape index (κ3) is 4.87. The van der Waals surface area contributed by atoms with Gasteiger partial charge in [0.15, 0.2) is 0 Å².